The summed E-state index contributed by atoms with van der Waals surface area (Å²) >= 11 is 5.83. The van der Waals surface area contributed by atoms with Crippen LogP contribution >= 0.6 is 11.6 Å². The van der Waals surface area contributed by atoms with Crippen molar-refractivity contribution >= 4 is 11.6 Å². The van der Waals surface area contributed by atoms with Gasteiger partial charge < -0.3 is 4.74 Å². The Hall–Kier alpha value is -1.69. The summed E-state index contributed by atoms with van der Waals surface area (Å²) in [4.78, 5) is 0. The van der Waals surface area contributed by atoms with Crippen LogP contribution in [0.5, 0.6) is 5.75 Å². The molecule has 2 aromatic rings. The van der Waals surface area contributed by atoms with Crippen molar-refractivity contribution in [1.29, 1.82) is 0 Å². The second-order valence-corrected chi connectivity index (χ2v) is 3.54. The number of halogens is 3. The summed E-state index contributed by atoms with van der Waals surface area (Å²) in [5.41, 5.74) is 0.375. The third-order valence-electron chi connectivity index (χ3n) is 2.11. The predicted molar refractivity (Wildman–Crippen MR) is 57.7 cm³/mol. The Balaban J connectivity index is 2.52. The van der Waals surface area contributed by atoms with E-state index in [2.05, 4.69) is 14.9 Å². The third-order valence-corrected chi connectivity index (χ3v) is 2.35. The number of benzene rings is 1. The number of alkyl halides is 2. The molecule has 0 aliphatic rings. The predicted octanol–water partition coefficient (Wildman–Crippen LogP) is 2.83. The van der Waals surface area contributed by atoms with E-state index in [-0.39, 0.29) is 11.0 Å². The van der Waals surface area contributed by atoms with E-state index in [1.54, 1.807) is 25.1 Å². The molecule has 17 heavy (non-hydrogen) atoms. The number of aromatic nitrogens is 3. The van der Waals surface area contributed by atoms with E-state index in [4.69, 9.17) is 11.6 Å². The van der Waals surface area contributed by atoms with Gasteiger partial charge >= 0.3 is 6.61 Å². The molecule has 0 N–H and O–H groups in total. The van der Waals surface area contributed by atoms with Crippen LogP contribution in [0.25, 0.3) is 5.69 Å². The number of hydrogen-bond donors (Lipinski definition) is 0. The van der Waals surface area contributed by atoms with Gasteiger partial charge in [-0.1, -0.05) is 12.1 Å². The van der Waals surface area contributed by atoms with Crippen molar-refractivity contribution in [2.45, 2.75) is 13.5 Å². The lowest BCUT2D eigenvalue weighted by Crippen LogP contribution is -2.06. The van der Waals surface area contributed by atoms with Crippen molar-refractivity contribution in [2.75, 3.05) is 0 Å². The zero-order valence-electron chi connectivity index (χ0n) is 8.77. The Morgan fingerprint density at radius 2 is 2.00 bits per heavy atom. The van der Waals surface area contributed by atoms with E-state index in [9.17, 15) is 8.78 Å². The molecule has 0 aliphatic carbocycles. The Bertz CT molecular complexity index is 511. The van der Waals surface area contributed by atoms with Crippen LogP contribution in [0.4, 0.5) is 8.78 Å². The number of para-hydroxylation sites is 2. The van der Waals surface area contributed by atoms with Gasteiger partial charge in [0.2, 0.25) is 5.28 Å². The molecule has 0 radical (unpaired) electrons. The third kappa shape index (κ3) is 2.36. The van der Waals surface area contributed by atoms with Gasteiger partial charge in [-0.3, -0.25) is 4.57 Å². The minimum atomic E-state index is -2.90. The summed E-state index contributed by atoms with van der Waals surface area (Å²) in [6.45, 7) is -1.23. The van der Waals surface area contributed by atoms with Crippen molar-refractivity contribution in [1.82, 2.24) is 14.8 Å². The maximum atomic E-state index is 12.2. The molecule has 7 heteroatoms. The minimum Gasteiger partial charge on any atom is -0.433 e. The topological polar surface area (TPSA) is 39.9 Å². The van der Waals surface area contributed by atoms with E-state index in [0.29, 0.717) is 11.5 Å². The first-order valence-electron chi connectivity index (χ1n) is 4.71. The molecule has 1 aromatic heterocycles. The number of hydrogen-bond acceptors (Lipinski definition) is 3. The summed E-state index contributed by atoms with van der Waals surface area (Å²) in [7, 11) is 0. The van der Waals surface area contributed by atoms with Gasteiger partial charge in [0.25, 0.3) is 0 Å². The molecule has 0 saturated heterocycles. The Kier molecular flexibility index (Phi) is 3.23. The fourth-order valence-corrected chi connectivity index (χ4v) is 1.70. The molecule has 0 aliphatic heterocycles. The minimum absolute atomic E-state index is 0.0206. The standard InChI is InChI=1S/C10H8ClF2N3O/c1-6-14-15-9(11)16(6)7-4-2-3-5-8(7)17-10(12)13/h2-5,10H,1H3. The molecular formula is C10H8ClF2N3O. The van der Waals surface area contributed by atoms with Crippen LogP contribution in [0.2, 0.25) is 5.28 Å². The maximum absolute atomic E-state index is 12.2. The SMILES string of the molecule is Cc1nnc(Cl)n1-c1ccccc1OC(F)F. The fraction of sp³-hybridized carbons (Fsp3) is 0.200. The summed E-state index contributed by atoms with van der Waals surface area (Å²) in [6, 6.07) is 6.30. The van der Waals surface area contributed by atoms with Crippen LogP contribution in [0.3, 0.4) is 0 Å². The van der Waals surface area contributed by atoms with Crippen molar-refractivity contribution in [3.63, 3.8) is 0 Å². The van der Waals surface area contributed by atoms with E-state index in [1.807, 2.05) is 0 Å². The molecule has 0 atom stereocenters. The average molecular weight is 260 g/mol. The van der Waals surface area contributed by atoms with Crippen LogP contribution in [-0.4, -0.2) is 21.4 Å². The summed E-state index contributed by atoms with van der Waals surface area (Å²) < 4.78 is 30.3. The first-order valence-corrected chi connectivity index (χ1v) is 5.09. The molecule has 0 amide bonds. The maximum Gasteiger partial charge on any atom is 0.387 e. The fourth-order valence-electron chi connectivity index (χ4n) is 1.45. The lowest BCUT2D eigenvalue weighted by molar-refractivity contribution is -0.0498. The van der Waals surface area contributed by atoms with E-state index in [1.165, 1.54) is 10.6 Å². The molecule has 0 unspecified atom stereocenters. The van der Waals surface area contributed by atoms with Gasteiger partial charge in [-0.15, -0.1) is 10.2 Å². The van der Waals surface area contributed by atoms with E-state index < -0.39 is 6.61 Å². The highest BCUT2D eigenvalue weighted by molar-refractivity contribution is 6.28. The van der Waals surface area contributed by atoms with Crippen molar-refractivity contribution in [3.05, 3.63) is 35.4 Å². The molecule has 0 fully saturated rings. The molecule has 0 saturated carbocycles. The quantitative estimate of drug-likeness (QED) is 0.851. The monoisotopic (exact) mass is 259 g/mol. The summed E-state index contributed by atoms with van der Waals surface area (Å²) in [5, 5.41) is 7.49. The summed E-state index contributed by atoms with van der Waals surface area (Å²) in [5.74, 6) is 0.507. The largest absolute Gasteiger partial charge is 0.433 e. The van der Waals surface area contributed by atoms with Gasteiger partial charge in [0.15, 0.2) is 0 Å². The Morgan fingerprint density at radius 3 is 2.59 bits per heavy atom. The molecule has 0 spiro atoms. The van der Waals surface area contributed by atoms with Gasteiger partial charge in [-0.25, -0.2) is 0 Å². The summed E-state index contributed by atoms with van der Waals surface area (Å²) in [6.07, 6.45) is 0. The molecule has 4 nitrogen and oxygen atoms in total. The van der Waals surface area contributed by atoms with E-state index in [0.717, 1.165) is 0 Å². The van der Waals surface area contributed by atoms with Crippen LogP contribution in [0, 0.1) is 6.92 Å². The number of ether oxygens (including phenoxy) is 1. The van der Waals surface area contributed by atoms with Crippen molar-refractivity contribution < 1.29 is 13.5 Å². The van der Waals surface area contributed by atoms with Gasteiger partial charge in [0.05, 0.1) is 5.69 Å². The first-order chi connectivity index (χ1) is 8.09. The zero-order chi connectivity index (χ0) is 12.4. The first kappa shape index (κ1) is 11.8. The molecule has 1 aromatic carbocycles. The molecular weight excluding hydrogens is 252 g/mol. The number of nitrogens with zero attached hydrogens (tertiary/aromatic N) is 3. The normalized spacial score (nSPS) is 10.9. The lowest BCUT2D eigenvalue weighted by atomic mass is 10.3. The Morgan fingerprint density at radius 1 is 1.29 bits per heavy atom. The highest BCUT2D eigenvalue weighted by Gasteiger charge is 2.15. The van der Waals surface area contributed by atoms with Gasteiger partial charge in [0, 0.05) is 0 Å². The van der Waals surface area contributed by atoms with Crippen molar-refractivity contribution in [2.24, 2.45) is 0 Å². The smallest absolute Gasteiger partial charge is 0.387 e. The lowest BCUT2D eigenvalue weighted by Gasteiger charge is -2.12. The molecule has 0 bridgehead atoms. The average Bonchev–Trinajstić information content (AvgIpc) is 2.59. The second kappa shape index (κ2) is 4.67. The highest BCUT2D eigenvalue weighted by Crippen LogP contribution is 2.27. The molecule has 90 valence electrons. The van der Waals surface area contributed by atoms with Gasteiger partial charge in [-0.05, 0) is 30.7 Å². The van der Waals surface area contributed by atoms with Crippen LogP contribution in [0.15, 0.2) is 24.3 Å². The number of aryl methyl sites for hydroxylation is 1. The van der Waals surface area contributed by atoms with Crippen LogP contribution in [-0.2, 0) is 0 Å². The van der Waals surface area contributed by atoms with Gasteiger partial charge in [-0.2, -0.15) is 8.78 Å². The van der Waals surface area contributed by atoms with Crippen molar-refractivity contribution in [3.8, 4) is 11.4 Å². The van der Waals surface area contributed by atoms with Gasteiger partial charge in [0.1, 0.15) is 11.6 Å². The van der Waals surface area contributed by atoms with E-state index >= 15 is 0 Å². The molecule has 1 heterocycles. The Labute approximate surface area is 101 Å². The second-order valence-electron chi connectivity index (χ2n) is 3.20. The van der Waals surface area contributed by atoms with Crippen LogP contribution < -0.4 is 4.74 Å². The highest BCUT2D eigenvalue weighted by atomic mass is 35.5. The molecule has 2 rings (SSSR count). The number of rotatable bonds is 3. The zero-order valence-corrected chi connectivity index (χ0v) is 9.53. The van der Waals surface area contributed by atoms with Crippen LogP contribution in [0.1, 0.15) is 5.82 Å².